The average Bonchev–Trinajstić information content (AvgIpc) is 3.05. The Morgan fingerprint density at radius 1 is 1.00 bits per heavy atom. The van der Waals surface area contributed by atoms with Crippen molar-refractivity contribution >= 4 is 27.5 Å². The number of nitrogens with zero attached hydrogens (tertiary/aromatic N) is 1. The Labute approximate surface area is 188 Å². The van der Waals surface area contributed by atoms with Crippen LogP contribution in [0.1, 0.15) is 36.6 Å². The number of hydrogen-bond donors (Lipinski definition) is 1. The first-order chi connectivity index (χ1) is 14.8. The second-order valence-electron chi connectivity index (χ2n) is 7.15. The van der Waals surface area contributed by atoms with Crippen LogP contribution >= 0.6 is 15.9 Å². The fourth-order valence-electron chi connectivity index (χ4n) is 3.52. The molecule has 1 amide bonds. The summed E-state index contributed by atoms with van der Waals surface area (Å²) in [5.41, 5.74) is -2.88. The molecule has 4 nitrogen and oxygen atoms in total. The maximum atomic E-state index is 13.3. The quantitative estimate of drug-likeness (QED) is 0.468. The number of halogens is 7. The van der Waals surface area contributed by atoms with Crippen molar-refractivity contribution in [2.75, 3.05) is 18.4 Å². The van der Waals surface area contributed by atoms with Crippen molar-refractivity contribution in [1.82, 2.24) is 4.90 Å². The highest BCUT2D eigenvalue weighted by Gasteiger charge is 2.42. The summed E-state index contributed by atoms with van der Waals surface area (Å²) in [5.74, 6) is -0.109. The molecule has 1 heterocycles. The minimum Gasteiger partial charge on any atom is -0.478 e. The largest absolute Gasteiger partial charge is 0.478 e. The number of carbonyl (C=O) groups is 1. The molecule has 174 valence electrons. The molecule has 2 aromatic carbocycles. The van der Waals surface area contributed by atoms with Crippen LogP contribution in [0.4, 0.5) is 32.0 Å². The zero-order valence-electron chi connectivity index (χ0n) is 16.9. The van der Waals surface area contributed by atoms with Crippen LogP contribution in [-0.4, -0.2) is 30.0 Å². The van der Waals surface area contributed by atoms with Crippen LogP contribution in [0.25, 0.3) is 0 Å². The molecule has 0 saturated heterocycles. The molecule has 0 aliphatic carbocycles. The monoisotopic (exact) mass is 524 g/mol. The second-order valence-corrected chi connectivity index (χ2v) is 8.06. The minimum absolute atomic E-state index is 0.0550. The van der Waals surface area contributed by atoms with Crippen molar-refractivity contribution in [1.29, 1.82) is 0 Å². The molecule has 2 aromatic rings. The fourth-order valence-corrected chi connectivity index (χ4v) is 3.90. The molecule has 0 fully saturated rings. The van der Waals surface area contributed by atoms with Gasteiger partial charge in [-0.3, -0.25) is 4.79 Å². The summed E-state index contributed by atoms with van der Waals surface area (Å²) in [6, 6.07) is 5.08. The highest BCUT2D eigenvalue weighted by atomic mass is 79.9. The lowest BCUT2D eigenvalue weighted by Gasteiger charge is -2.27. The predicted octanol–water partition coefficient (Wildman–Crippen LogP) is 6.27. The molecular formula is C21H19BrF6N2O2. The van der Waals surface area contributed by atoms with E-state index in [-0.39, 0.29) is 6.07 Å². The van der Waals surface area contributed by atoms with Gasteiger partial charge in [-0.05, 0) is 50.2 Å². The zero-order chi connectivity index (χ0) is 23.8. The smallest absolute Gasteiger partial charge is 0.416 e. The van der Waals surface area contributed by atoms with E-state index in [0.29, 0.717) is 41.0 Å². The van der Waals surface area contributed by atoms with E-state index in [2.05, 4.69) is 21.2 Å². The van der Waals surface area contributed by atoms with Crippen LogP contribution in [-0.2, 0) is 17.1 Å². The van der Waals surface area contributed by atoms with Crippen molar-refractivity contribution in [2.24, 2.45) is 0 Å². The number of nitrogens with one attached hydrogen (secondary N) is 1. The topological polar surface area (TPSA) is 41.6 Å². The van der Waals surface area contributed by atoms with Crippen LogP contribution in [0.15, 0.2) is 40.9 Å². The van der Waals surface area contributed by atoms with Crippen LogP contribution < -0.4 is 10.1 Å². The molecule has 1 aliphatic heterocycles. The van der Waals surface area contributed by atoms with Gasteiger partial charge in [0.05, 0.1) is 11.1 Å². The molecule has 0 bridgehead atoms. The number of hydrogen-bond acceptors (Lipinski definition) is 3. The highest BCUT2D eigenvalue weighted by molar-refractivity contribution is 9.10. The van der Waals surface area contributed by atoms with Gasteiger partial charge in [0.25, 0.3) is 5.91 Å². The molecule has 3 rings (SSSR count). The zero-order valence-corrected chi connectivity index (χ0v) is 18.5. The summed E-state index contributed by atoms with van der Waals surface area (Å²) in [6.07, 6.45) is -11.1. The number of fused-ring (bicyclic) bond motifs is 1. The second kappa shape index (κ2) is 8.84. The fraction of sp³-hybridized carbons (Fsp3) is 0.381. The van der Waals surface area contributed by atoms with Gasteiger partial charge >= 0.3 is 12.4 Å². The summed E-state index contributed by atoms with van der Waals surface area (Å²) in [7, 11) is 0. The third-order valence-electron chi connectivity index (χ3n) is 5.09. The minimum atomic E-state index is -4.98. The maximum Gasteiger partial charge on any atom is 0.416 e. The van der Waals surface area contributed by atoms with Crippen LogP contribution in [0.2, 0.25) is 0 Å². The first-order valence-electron chi connectivity index (χ1n) is 9.66. The maximum absolute atomic E-state index is 13.3. The molecule has 0 radical (unpaired) electrons. The van der Waals surface area contributed by atoms with E-state index in [1.54, 1.807) is 32.0 Å². The van der Waals surface area contributed by atoms with Gasteiger partial charge in [0, 0.05) is 28.8 Å². The van der Waals surface area contributed by atoms with Gasteiger partial charge in [0.1, 0.15) is 11.8 Å². The number of amides is 1. The Bertz CT molecular complexity index is 973. The normalized spacial score (nSPS) is 18.2. The molecular weight excluding hydrogens is 506 g/mol. The SMILES string of the molecule is CCN(CC)C(=O)[C@@H]1Oc2ccc(Br)cc2[C@H]1Nc1cc(C(F)(F)F)cc(C(F)(F)F)c1. The van der Waals surface area contributed by atoms with Gasteiger partial charge in [-0.15, -0.1) is 0 Å². The number of rotatable bonds is 5. The molecule has 32 heavy (non-hydrogen) atoms. The predicted molar refractivity (Wildman–Crippen MR) is 109 cm³/mol. The van der Waals surface area contributed by atoms with Gasteiger partial charge in [0.15, 0.2) is 0 Å². The summed E-state index contributed by atoms with van der Waals surface area (Å²) in [6.45, 7) is 4.24. The number of ether oxygens (including phenoxy) is 1. The van der Waals surface area contributed by atoms with Crippen molar-refractivity contribution < 1.29 is 35.9 Å². The van der Waals surface area contributed by atoms with Crippen molar-refractivity contribution in [3.05, 3.63) is 57.6 Å². The van der Waals surface area contributed by atoms with Crippen molar-refractivity contribution in [2.45, 2.75) is 38.3 Å². The molecule has 1 N–H and O–H groups in total. The van der Waals surface area contributed by atoms with E-state index >= 15 is 0 Å². The Hall–Kier alpha value is -2.43. The lowest BCUT2D eigenvalue weighted by molar-refractivity contribution is -0.143. The van der Waals surface area contributed by atoms with Gasteiger partial charge in [-0.2, -0.15) is 26.3 Å². The Kier molecular flexibility index (Phi) is 6.69. The first-order valence-corrected chi connectivity index (χ1v) is 10.4. The molecule has 0 unspecified atom stereocenters. The van der Waals surface area contributed by atoms with Gasteiger partial charge in [-0.25, -0.2) is 0 Å². The molecule has 2 atom stereocenters. The van der Waals surface area contributed by atoms with Crippen LogP contribution in [0.5, 0.6) is 5.75 Å². The Morgan fingerprint density at radius 2 is 1.56 bits per heavy atom. The van der Waals surface area contributed by atoms with Crippen molar-refractivity contribution in [3.63, 3.8) is 0 Å². The third-order valence-corrected chi connectivity index (χ3v) is 5.59. The summed E-state index contributed by atoms with van der Waals surface area (Å²) < 4.78 is 85.9. The van der Waals surface area contributed by atoms with Gasteiger partial charge < -0.3 is 15.0 Å². The average molecular weight is 525 g/mol. The Morgan fingerprint density at radius 3 is 2.06 bits per heavy atom. The Balaban J connectivity index is 2.07. The number of carbonyl (C=O) groups excluding carboxylic acids is 1. The van der Waals surface area contributed by atoms with Gasteiger partial charge in [0.2, 0.25) is 6.10 Å². The first kappa shape index (κ1) is 24.2. The van der Waals surface area contributed by atoms with E-state index in [1.165, 1.54) is 4.90 Å². The van der Waals surface area contributed by atoms with Gasteiger partial charge in [-0.1, -0.05) is 15.9 Å². The highest BCUT2D eigenvalue weighted by Crippen LogP contribution is 2.43. The molecule has 0 spiro atoms. The number of alkyl halides is 6. The number of likely N-dealkylation sites (N-methyl/N-ethyl adjacent to an activating group) is 1. The van der Waals surface area contributed by atoms with E-state index in [4.69, 9.17) is 4.74 Å². The number of anilines is 1. The molecule has 1 aliphatic rings. The summed E-state index contributed by atoms with van der Waals surface area (Å²) >= 11 is 3.29. The standard InChI is InChI=1S/C21H19BrF6N2O2/c1-3-30(4-2)19(31)18-17(15-10-13(22)5-6-16(15)32-18)29-14-8-11(20(23,24)25)7-12(9-14)21(26,27)28/h5-10,17-18,29H,3-4H2,1-2H3/t17-,18-/m1/s1. The lowest BCUT2D eigenvalue weighted by Crippen LogP contribution is -2.44. The third kappa shape index (κ3) is 4.97. The summed E-state index contributed by atoms with van der Waals surface area (Å²) in [5, 5.41) is 2.69. The summed E-state index contributed by atoms with van der Waals surface area (Å²) in [4.78, 5) is 14.5. The van der Waals surface area contributed by atoms with E-state index < -0.39 is 47.2 Å². The van der Waals surface area contributed by atoms with E-state index in [9.17, 15) is 31.1 Å². The molecule has 0 saturated carbocycles. The molecule has 11 heteroatoms. The lowest BCUT2D eigenvalue weighted by atomic mass is 10.0. The van der Waals surface area contributed by atoms with E-state index in [0.717, 1.165) is 0 Å². The molecule has 0 aromatic heterocycles. The van der Waals surface area contributed by atoms with Crippen LogP contribution in [0.3, 0.4) is 0 Å². The van der Waals surface area contributed by atoms with Crippen LogP contribution in [0, 0.1) is 0 Å². The number of benzene rings is 2. The van der Waals surface area contributed by atoms with E-state index in [1.807, 2.05) is 0 Å². The van der Waals surface area contributed by atoms with Crippen molar-refractivity contribution in [3.8, 4) is 5.75 Å².